The maximum absolute atomic E-state index is 5.60. The van der Waals surface area contributed by atoms with Crippen LogP contribution in [0, 0.1) is 17.9 Å². The molecule has 0 spiro atoms. The molecular weight excluding hydrogens is 325 g/mol. The van der Waals surface area contributed by atoms with Gasteiger partial charge in [-0.1, -0.05) is 25.3 Å². The Bertz CT molecular complexity index is 462. The second kappa shape index (κ2) is 8.30. The van der Waals surface area contributed by atoms with Crippen LogP contribution in [-0.2, 0) is 42.2 Å². The molecule has 1 aromatic rings. The molecule has 0 aliphatic carbocycles. The van der Waals surface area contributed by atoms with E-state index >= 15 is 0 Å². The summed E-state index contributed by atoms with van der Waals surface area (Å²) in [6.45, 7) is 5.78. The van der Waals surface area contributed by atoms with Gasteiger partial charge in [-0.2, -0.15) is 29.8 Å². The van der Waals surface area contributed by atoms with Crippen molar-refractivity contribution < 1.29 is 42.2 Å². The zero-order valence-corrected chi connectivity index (χ0v) is 15.4. The van der Waals surface area contributed by atoms with E-state index in [1.807, 2.05) is 6.07 Å². The number of hydrogen-bond donors (Lipinski definition) is 0. The molecule has 1 heterocycles. The Morgan fingerprint density at radius 2 is 2.00 bits per heavy atom. The monoisotopic (exact) mass is 346 g/mol. The van der Waals surface area contributed by atoms with Crippen LogP contribution in [0.5, 0.6) is 0 Å². The molecule has 0 amide bonds. The van der Waals surface area contributed by atoms with E-state index in [1.165, 1.54) is 5.56 Å². The van der Waals surface area contributed by atoms with Gasteiger partial charge in [-0.05, 0) is 5.92 Å². The summed E-state index contributed by atoms with van der Waals surface area (Å²) in [5.74, 6) is 6.99. The molecule has 1 fully saturated rings. The Balaban J connectivity index is 0.00000200. The summed E-state index contributed by atoms with van der Waals surface area (Å²) < 4.78 is 11.0. The van der Waals surface area contributed by atoms with Crippen molar-refractivity contribution in [2.24, 2.45) is 0 Å². The van der Waals surface area contributed by atoms with Crippen LogP contribution in [0.15, 0.2) is 18.2 Å². The Morgan fingerprint density at radius 1 is 1.30 bits per heavy atom. The molecule has 3 heteroatoms. The van der Waals surface area contributed by atoms with Crippen LogP contribution >= 0.6 is 0 Å². The molecule has 105 valence electrons. The van der Waals surface area contributed by atoms with Crippen molar-refractivity contribution in [3.8, 4) is 11.8 Å². The van der Waals surface area contributed by atoms with Crippen molar-refractivity contribution in [1.29, 1.82) is 0 Å². The third-order valence-electron chi connectivity index (χ3n) is 3.58. The van der Waals surface area contributed by atoms with Crippen molar-refractivity contribution in [2.75, 3.05) is 20.3 Å². The number of benzene rings is 1. The number of rotatable bonds is 2. The van der Waals surface area contributed by atoms with Gasteiger partial charge in [0, 0.05) is 52.7 Å². The Kier molecular flexibility index (Phi) is 7.41. The van der Waals surface area contributed by atoms with E-state index in [2.05, 4.69) is 43.9 Å². The molecule has 1 radical (unpaired) electrons. The second-order valence-corrected chi connectivity index (χ2v) is 5.25. The third kappa shape index (κ3) is 4.67. The quantitative estimate of drug-likeness (QED) is 0.605. The predicted molar refractivity (Wildman–Crippen MR) is 76.0 cm³/mol. The minimum Gasteiger partial charge on any atom is -0.381 e. The average molecular weight is 346 g/mol. The molecular formula is C17H21O2Y-. The average Bonchev–Trinajstić information content (AvgIpc) is 2.46. The van der Waals surface area contributed by atoms with Gasteiger partial charge in [-0.3, -0.25) is 0 Å². The largest absolute Gasteiger partial charge is 0.381 e. The number of ether oxygens (including phenoxy) is 2. The summed E-state index contributed by atoms with van der Waals surface area (Å²) in [5, 5.41) is 0. The molecule has 2 rings (SSSR count). The van der Waals surface area contributed by atoms with E-state index in [4.69, 9.17) is 9.47 Å². The Labute approximate surface area is 147 Å². The summed E-state index contributed by atoms with van der Waals surface area (Å²) in [7, 11) is 1.73. The Hall–Kier alpha value is -0.196. The van der Waals surface area contributed by atoms with E-state index in [1.54, 1.807) is 7.11 Å². The standard InChI is InChI=1S/C17H21O2.Y/c1-14(2)16-6-4-15(5-7-16)8-9-17(18-3)10-12-19-13-11-17;/h4-6,14H,10-13H2,1-3H3;/q-1;. The van der Waals surface area contributed by atoms with Crippen molar-refractivity contribution in [1.82, 2.24) is 0 Å². The van der Waals surface area contributed by atoms with Gasteiger partial charge in [0.1, 0.15) is 5.60 Å². The van der Waals surface area contributed by atoms with Gasteiger partial charge in [0.2, 0.25) is 0 Å². The van der Waals surface area contributed by atoms with Gasteiger partial charge < -0.3 is 9.47 Å². The van der Waals surface area contributed by atoms with Crippen molar-refractivity contribution in [2.45, 2.75) is 38.2 Å². The SMILES string of the molecule is COC1(C#Cc2c[c-]c(C(C)C)cc2)CCOCC1.[Y]. The third-order valence-corrected chi connectivity index (χ3v) is 3.58. The molecule has 1 saturated heterocycles. The maximum Gasteiger partial charge on any atom is 0.131 e. The normalized spacial score (nSPS) is 17.0. The summed E-state index contributed by atoms with van der Waals surface area (Å²) in [6, 6.07) is 9.40. The second-order valence-electron chi connectivity index (χ2n) is 5.25. The Morgan fingerprint density at radius 3 is 2.50 bits per heavy atom. The van der Waals surface area contributed by atoms with E-state index in [0.717, 1.165) is 31.6 Å². The zero-order chi connectivity index (χ0) is 13.7. The van der Waals surface area contributed by atoms with Gasteiger partial charge in [-0.15, -0.1) is 5.92 Å². The van der Waals surface area contributed by atoms with E-state index in [0.29, 0.717) is 5.92 Å². The fourth-order valence-electron chi connectivity index (χ4n) is 2.14. The van der Waals surface area contributed by atoms with E-state index < -0.39 is 0 Å². The van der Waals surface area contributed by atoms with E-state index in [9.17, 15) is 0 Å². The van der Waals surface area contributed by atoms with Gasteiger partial charge >= 0.3 is 0 Å². The molecule has 2 nitrogen and oxygen atoms in total. The van der Waals surface area contributed by atoms with Crippen LogP contribution in [0.3, 0.4) is 0 Å². The van der Waals surface area contributed by atoms with Crippen molar-refractivity contribution >= 4 is 0 Å². The summed E-state index contributed by atoms with van der Waals surface area (Å²) in [4.78, 5) is 0. The minimum absolute atomic E-state index is 0. The van der Waals surface area contributed by atoms with Crippen LogP contribution in [0.25, 0.3) is 0 Å². The molecule has 1 aliphatic rings. The van der Waals surface area contributed by atoms with Crippen molar-refractivity contribution in [3.63, 3.8) is 0 Å². The van der Waals surface area contributed by atoms with Crippen LogP contribution in [-0.4, -0.2) is 25.9 Å². The molecule has 0 N–H and O–H groups in total. The molecule has 1 aromatic carbocycles. The summed E-state index contributed by atoms with van der Waals surface area (Å²) in [6.07, 6.45) is 1.68. The van der Waals surface area contributed by atoms with Gasteiger partial charge in [0.15, 0.2) is 0 Å². The van der Waals surface area contributed by atoms with Gasteiger partial charge in [0.05, 0.1) is 13.2 Å². The van der Waals surface area contributed by atoms with Gasteiger partial charge in [0.25, 0.3) is 0 Å². The molecule has 0 atom stereocenters. The zero-order valence-electron chi connectivity index (χ0n) is 12.5. The number of methoxy groups -OCH3 is 1. The fraction of sp³-hybridized carbons (Fsp3) is 0.529. The first-order valence-electron chi connectivity index (χ1n) is 6.83. The summed E-state index contributed by atoms with van der Waals surface area (Å²) >= 11 is 0. The molecule has 1 aliphatic heterocycles. The summed E-state index contributed by atoms with van der Waals surface area (Å²) in [5.41, 5.74) is 1.87. The first-order chi connectivity index (χ1) is 9.15. The van der Waals surface area contributed by atoms with Crippen LogP contribution in [0.4, 0.5) is 0 Å². The van der Waals surface area contributed by atoms with Crippen molar-refractivity contribution in [3.05, 3.63) is 35.4 Å². The first kappa shape index (κ1) is 17.9. The smallest absolute Gasteiger partial charge is 0.131 e. The van der Waals surface area contributed by atoms with Crippen LogP contribution in [0.1, 0.15) is 43.7 Å². The predicted octanol–water partition coefficient (Wildman–Crippen LogP) is 3.15. The minimum atomic E-state index is -0.338. The van der Waals surface area contributed by atoms with Crippen LogP contribution < -0.4 is 0 Å². The molecule has 20 heavy (non-hydrogen) atoms. The van der Waals surface area contributed by atoms with Gasteiger partial charge in [-0.25, -0.2) is 0 Å². The fourth-order valence-corrected chi connectivity index (χ4v) is 2.14. The molecule has 0 aromatic heterocycles. The number of hydrogen-bond acceptors (Lipinski definition) is 2. The molecule has 0 bridgehead atoms. The van der Waals surface area contributed by atoms with E-state index in [-0.39, 0.29) is 38.3 Å². The topological polar surface area (TPSA) is 18.5 Å². The first-order valence-corrected chi connectivity index (χ1v) is 6.83. The molecule has 0 saturated carbocycles. The van der Waals surface area contributed by atoms with Crippen LogP contribution in [0.2, 0.25) is 0 Å². The molecule has 0 unspecified atom stereocenters. The maximum atomic E-state index is 5.60.